The highest BCUT2D eigenvalue weighted by molar-refractivity contribution is 5.83. The van der Waals surface area contributed by atoms with Gasteiger partial charge in [0.2, 0.25) is 0 Å². The van der Waals surface area contributed by atoms with Crippen molar-refractivity contribution in [2.75, 3.05) is 7.05 Å². The second-order valence-electron chi connectivity index (χ2n) is 2.02. The first-order valence-electron chi connectivity index (χ1n) is 2.61. The quantitative estimate of drug-likeness (QED) is 0.444. The summed E-state index contributed by atoms with van der Waals surface area (Å²) in [6.45, 7) is 6.33. The van der Waals surface area contributed by atoms with Crippen molar-refractivity contribution >= 4 is 5.71 Å². The Balaban J connectivity index is 3.56. The van der Waals surface area contributed by atoms with Crippen LogP contribution in [0.1, 0.15) is 20.8 Å². The summed E-state index contributed by atoms with van der Waals surface area (Å²) in [5.74, 6) is 0.616. The molecule has 1 nitrogen and oxygen atoms in total. The van der Waals surface area contributed by atoms with Crippen LogP contribution in [-0.2, 0) is 0 Å². The highest BCUT2D eigenvalue weighted by Gasteiger charge is 1.92. The highest BCUT2D eigenvalue weighted by Crippen LogP contribution is 1.93. The van der Waals surface area contributed by atoms with Crippen LogP contribution in [0.3, 0.4) is 0 Å². The van der Waals surface area contributed by atoms with Gasteiger partial charge >= 0.3 is 0 Å². The second-order valence-corrected chi connectivity index (χ2v) is 2.02. The van der Waals surface area contributed by atoms with Gasteiger partial charge in [-0.2, -0.15) is 0 Å². The van der Waals surface area contributed by atoms with Crippen molar-refractivity contribution < 1.29 is 0 Å². The molecule has 0 aromatic rings. The van der Waals surface area contributed by atoms with E-state index in [1.807, 2.05) is 14.0 Å². The zero-order valence-corrected chi connectivity index (χ0v) is 5.52. The van der Waals surface area contributed by atoms with Crippen molar-refractivity contribution in [3.8, 4) is 0 Å². The molecule has 0 spiro atoms. The molecular formula is C6H13N. The number of nitrogens with zero attached hydrogens (tertiary/aromatic N) is 1. The molecule has 42 valence electrons. The van der Waals surface area contributed by atoms with Gasteiger partial charge in [0.1, 0.15) is 0 Å². The smallest absolute Gasteiger partial charge is 0.0276 e. The Bertz CT molecular complexity index is 72.2. The van der Waals surface area contributed by atoms with Gasteiger partial charge in [0.05, 0.1) is 0 Å². The van der Waals surface area contributed by atoms with E-state index in [9.17, 15) is 0 Å². The van der Waals surface area contributed by atoms with E-state index in [1.54, 1.807) is 0 Å². The van der Waals surface area contributed by atoms with Gasteiger partial charge in [-0.3, -0.25) is 4.99 Å². The van der Waals surface area contributed by atoms with Gasteiger partial charge in [0.15, 0.2) is 0 Å². The Hall–Kier alpha value is -0.330. The normalized spacial score (nSPS) is 13.0. The Labute approximate surface area is 45.5 Å². The molecular weight excluding hydrogens is 86.1 g/mol. The van der Waals surface area contributed by atoms with Crippen LogP contribution >= 0.6 is 0 Å². The molecule has 0 saturated carbocycles. The van der Waals surface area contributed by atoms with Crippen LogP contribution in [0, 0.1) is 5.92 Å². The molecule has 0 aliphatic rings. The summed E-state index contributed by atoms with van der Waals surface area (Å²) in [6.07, 6.45) is 0. The fourth-order valence-electron chi connectivity index (χ4n) is 0.258. The maximum absolute atomic E-state index is 4.00. The zero-order chi connectivity index (χ0) is 5.86. The molecule has 0 fully saturated rings. The average Bonchev–Trinajstić information content (AvgIpc) is 1.65. The maximum atomic E-state index is 4.00. The summed E-state index contributed by atoms with van der Waals surface area (Å²) in [4.78, 5) is 4.00. The minimum absolute atomic E-state index is 0.616. The fourth-order valence-corrected chi connectivity index (χ4v) is 0.258. The van der Waals surface area contributed by atoms with Crippen molar-refractivity contribution in [3.05, 3.63) is 0 Å². The second kappa shape index (κ2) is 2.78. The van der Waals surface area contributed by atoms with Gasteiger partial charge in [-0.25, -0.2) is 0 Å². The van der Waals surface area contributed by atoms with Gasteiger partial charge in [0.25, 0.3) is 0 Å². The number of rotatable bonds is 1. The van der Waals surface area contributed by atoms with E-state index < -0.39 is 0 Å². The third-order valence-electron chi connectivity index (χ3n) is 1.19. The van der Waals surface area contributed by atoms with Crippen LogP contribution in [0.5, 0.6) is 0 Å². The van der Waals surface area contributed by atoms with Crippen LogP contribution in [0.25, 0.3) is 0 Å². The largest absolute Gasteiger partial charge is 0.297 e. The van der Waals surface area contributed by atoms with Crippen LogP contribution in [-0.4, -0.2) is 12.8 Å². The van der Waals surface area contributed by atoms with Gasteiger partial charge in [-0.1, -0.05) is 13.8 Å². The first kappa shape index (κ1) is 6.67. The van der Waals surface area contributed by atoms with Gasteiger partial charge in [-0.05, 0) is 12.8 Å². The van der Waals surface area contributed by atoms with E-state index in [1.165, 1.54) is 5.71 Å². The Kier molecular flexibility index (Phi) is 2.65. The molecule has 0 rings (SSSR count). The standard InChI is InChI=1S/C6H13N/c1-5(2)6(3)7-4/h5H,1-4H3/b7-6+. The molecule has 0 aliphatic carbocycles. The number of aliphatic imine (C=N–C) groups is 1. The molecule has 0 amide bonds. The predicted molar refractivity (Wildman–Crippen MR) is 33.9 cm³/mol. The van der Waals surface area contributed by atoms with Crippen molar-refractivity contribution in [2.45, 2.75) is 20.8 Å². The van der Waals surface area contributed by atoms with Crippen LogP contribution in [0.2, 0.25) is 0 Å². The SMILES string of the molecule is C/N=C(\C)C(C)C. The topological polar surface area (TPSA) is 12.4 Å². The third kappa shape index (κ3) is 2.38. The van der Waals surface area contributed by atoms with Gasteiger partial charge in [0, 0.05) is 12.8 Å². The molecule has 0 aromatic heterocycles. The molecule has 1 heteroatoms. The summed E-state index contributed by atoms with van der Waals surface area (Å²) in [7, 11) is 1.83. The van der Waals surface area contributed by atoms with Crippen molar-refractivity contribution in [1.82, 2.24) is 0 Å². The lowest BCUT2D eigenvalue weighted by atomic mass is 10.1. The van der Waals surface area contributed by atoms with E-state index in [2.05, 4.69) is 18.8 Å². The summed E-state index contributed by atoms with van der Waals surface area (Å²) >= 11 is 0. The summed E-state index contributed by atoms with van der Waals surface area (Å²) in [5, 5.41) is 0. The van der Waals surface area contributed by atoms with E-state index in [4.69, 9.17) is 0 Å². The Morgan fingerprint density at radius 3 is 1.86 bits per heavy atom. The minimum Gasteiger partial charge on any atom is -0.297 e. The molecule has 0 atom stereocenters. The molecule has 0 heterocycles. The zero-order valence-electron chi connectivity index (χ0n) is 5.52. The maximum Gasteiger partial charge on any atom is 0.0276 e. The molecule has 0 unspecified atom stereocenters. The average molecular weight is 99.2 g/mol. The monoisotopic (exact) mass is 99.1 g/mol. The molecule has 0 saturated heterocycles. The van der Waals surface area contributed by atoms with Crippen LogP contribution < -0.4 is 0 Å². The molecule has 0 radical (unpaired) electrons. The van der Waals surface area contributed by atoms with Crippen molar-refractivity contribution in [1.29, 1.82) is 0 Å². The lowest BCUT2D eigenvalue weighted by Gasteiger charge is -1.98. The van der Waals surface area contributed by atoms with Crippen LogP contribution in [0.15, 0.2) is 4.99 Å². The minimum atomic E-state index is 0.616. The van der Waals surface area contributed by atoms with Crippen LogP contribution in [0.4, 0.5) is 0 Å². The Morgan fingerprint density at radius 2 is 1.86 bits per heavy atom. The van der Waals surface area contributed by atoms with Gasteiger partial charge < -0.3 is 0 Å². The van der Waals surface area contributed by atoms with E-state index in [-0.39, 0.29) is 0 Å². The van der Waals surface area contributed by atoms with Gasteiger partial charge in [-0.15, -0.1) is 0 Å². The lowest BCUT2D eigenvalue weighted by Crippen LogP contribution is -1.99. The predicted octanol–water partition coefficient (Wildman–Crippen LogP) is 1.73. The summed E-state index contributed by atoms with van der Waals surface area (Å²) in [5.41, 5.74) is 1.22. The number of hydrogen-bond donors (Lipinski definition) is 0. The molecule has 0 bridgehead atoms. The van der Waals surface area contributed by atoms with E-state index in [0.717, 1.165) is 0 Å². The third-order valence-corrected chi connectivity index (χ3v) is 1.19. The summed E-state index contributed by atoms with van der Waals surface area (Å²) < 4.78 is 0. The van der Waals surface area contributed by atoms with E-state index >= 15 is 0 Å². The first-order chi connectivity index (χ1) is 3.18. The molecule has 7 heavy (non-hydrogen) atoms. The molecule has 0 N–H and O–H groups in total. The molecule has 0 aliphatic heterocycles. The van der Waals surface area contributed by atoms with Crippen molar-refractivity contribution in [3.63, 3.8) is 0 Å². The fraction of sp³-hybridized carbons (Fsp3) is 0.833. The summed E-state index contributed by atoms with van der Waals surface area (Å²) in [6, 6.07) is 0. The van der Waals surface area contributed by atoms with Crippen molar-refractivity contribution in [2.24, 2.45) is 10.9 Å². The lowest BCUT2D eigenvalue weighted by molar-refractivity contribution is 0.875. The first-order valence-corrected chi connectivity index (χ1v) is 2.61. The highest BCUT2D eigenvalue weighted by atomic mass is 14.7. The Morgan fingerprint density at radius 1 is 1.43 bits per heavy atom. The number of hydrogen-bond acceptors (Lipinski definition) is 1. The van der Waals surface area contributed by atoms with E-state index in [0.29, 0.717) is 5.92 Å². The molecule has 0 aromatic carbocycles.